The van der Waals surface area contributed by atoms with E-state index in [1.54, 1.807) is 0 Å². The van der Waals surface area contributed by atoms with Gasteiger partial charge in [-0.05, 0) is 17.7 Å². The molecule has 0 aliphatic rings. The summed E-state index contributed by atoms with van der Waals surface area (Å²) in [5.74, 6) is -2.60. The van der Waals surface area contributed by atoms with E-state index in [1.807, 2.05) is 0 Å². The Hall–Kier alpha value is -1.95. The van der Waals surface area contributed by atoms with Crippen molar-refractivity contribution in [3.63, 3.8) is 0 Å². The second-order valence-corrected chi connectivity index (χ2v) is 3.56. The van der Waals surface area contributed by atoms with Crippen LogP contribution in [0.5, 0.6) is 0 Å². The van der Waals surface area contributed by atoms with E-state index in [9.17, 15) is 14.0 Å². The van der Waals surface area contributed by atoms with Crippen LogP contribution in [0.4, 0.5) is 4.39 Å². The molecule has 1 rings (SSSR count). The largest absolute Gasteiger partial charge is 0.480 e. The molecule has 0 bridgehead atoms. The zero-order valence-electron chi connectivity index (χ0n) is 8.97. The Kier molecular flexibility index (Phi) is 4.59. The molecule has 1 aromatic rings. The topological polar surface area (TPSA) is 77.8 Å². The van der Waals surface area contributed by atoms with Crippen molar-refractivity contribution in [2.75, 3.05) is 13.1 Å². The van der Waals surface area contributed by atoms with Gasteiger partial charge in [-0.15, -0.1) is 0 Å². The first-order valence-electron chi connectivity index (χ1n) is 4.88. The third kappa shape index (κ3) is 5.07. The number of aliphatic carboxylic acids is 2. The number of nitrogens with zero attached hydrogens (tertiary/aromatic N) is 1. The summed E-state index contributed by atoms with van der Waals surface area (Å²) >= 11 is 0. The lowest BCUT2D eigenvalue weighted by Crippen LogP contribution is -2.33. The van der Waals surface area contributed by atoms with Gasteiger partial charge in [0.15, 0.2) is 0 Å². The first-order chi connectivity index (χ1) is 7.97. The number of hydrogen-bond donors (Lipinski definition) is 2. The quantitative estimate of drug-likeness (QED) is 0.770. The second kappa shape index (κ2) is 5.95. The number of carboxylic acids is 2. The lowest BCUT2D eigenvalue weighted by Gasteiger charge is -2.17. The average molecular weight is 241 g/mol. The molecule has 0 aromatic heterocycles. The molecular weight excluding hydrogens is 229 g/mol. The molecule has 0 heterocycles. The van der Waals surface area contributed by atoms with Crippen molar-refractivity contribution >= 4 is 11.9 Å². The van der Waals surface area contributed by atoms with E-state index in [2.05, 4.69) is 0 Å². The van der Waals surface area contributed by atoms with E-state index in [0.717, 1.165) is 0 Å². The van der Waals surface area contributed by atoms with Crippen molar-refractivity contribution in [2.45, 2.75) is 6.54 Å². The van der Waals surface area contributed by atoms with E-state index in [1.165, 1.54) is 29.2 Å². The lowest BCUT2D eigenvalue weighted by molar-refractivity contribution is -0.142. The average Bonchev–Trinajstić information content (AvgIpc) is 2.19. The van der Waals surface area contributed by atoms with Crippen molar-refractivity contribution in [1.29, 1.82) is 0 Å². The molecule has 1 aromatic carbocycles. The van der Waals surface area contributed by atoms with Crippen LogP contribution in [0.1, 0.15) is 5.56 Å². The fourth-order valence-corrected chi connectivity index (χ4v) is 1.40. The monoisotopic (exact) mass is 241 g/mol. The SMILES string of the molecule is O=C(O)CN(CC(=O)O)Cc1ccc(F)cc1. The summed E-state index contributed by atoms with van der Waals surface area (Å²) in [5, 5.41) is 17.2. The normalized spacial score (nSPS) is 10.5. The van der Waals surface area contributed by atoms with Gasteiger partial charge in [-0.3, -0.25) is 14.5 Å². The highest BCUT2D eigenvalue weighted by atomic mass is 19.1. The van der Waals surface area contributed by atoms with Crippen LogP contribution in [0.2, 0.25) is 0 Å². The number of rotatable bonds is 6. The van der Waals surface area contributed by atoms with E-state index in [4.69, 9.17) is 10.2 Å². The minimum atomic E-state index is -1.10. The van der Waals surface area contributed by atoms with Gasteiger partial charge < -0.3 is 10.2 Å². The summed E-state index contributed by atoms with van der Waals surface area (Å²) in [6.07, 6.45) is 0. The van der Waals surface area contributed by atoms with Crippen molar-refractivity contribution in [3.8, 4) is 0 Å². The number of hydrogen-bond acceptors (Lipinski definition) is 3. The van der Waals surface area contributed by atoms with Gasteiger partial charge in [0, 0.05) is 6.54 Å². The molecule has 92 valence electrons. The van der Waals surface area contributed by atoms with Crippen LogP contribution in [-0.2, 0) is 16.1 Å². The Balaban J connectivity index is 2.67. The first-order valence-corrected chi connectivity index (χ1v) is 4.88. The zero-order chi connectivity index (χ0) is 12.8. The van der Waals surface area contributed by atoms with E-state index < -0.39 is 17.8 Å². The minimum Gasteiger partial charge on any atom is -0.480 e. The Morgan fingerprint density at radius 1 is 1.06 bits per heavy atom. The first kappa shape index (κ1) is 13.1. The fraction of sp³-hybridized carbons (Fsp3) is 0.273. The Labute approximate surface area is 97.1 Å². The fourth-order valence-electron chi connectivity index (χ4n) is 1.40. The molecule has 0 aliphatic carbocycles. The third-order valence-corrected chi connectivity index (χ3v) is 2.04. The molecule has 0 saturated heterocycles. The predicted molar refractivity (Wildman–Crippen MR) is 56.9 cm³/mol. The summed E-state index contributed by atoms with van der Waals surface area (Å²) in [4.78, 5) is 22.3. The summed E-state index contributed by atoms with van der Waals surface area (Å²) in [6.45, 7) is -0.591. The molecule has 0 amide bonds. The molecular formula is C11H12FNO4. The van der Waals surface area contributed by atoms with Crippen molar-refractivity contribution in [2.24, 2.45) is 0 Å². The summed E-state index contributed by atoms with van der Waals surface area (Å²) in [6, 6.07) is 5.47. The highest BCUT2D eigenvalue weighted by Gasteiger charge is 2.13. The minimum absolute atomic E-state index is 0.152. The molecule has 0 radical (unpaired) electrons. The summed E-state index contributed by atoms with van der Waals surface area (Å²) in [5.41, 5.74) is 0.661. The van der Waals surface area contributed by atoms with Crippen LogP contribution in [0.25, 0.3) is 0 Å². The molecule has 0 aliphatic heterocycles. The van der Waals surface area contributed by atoms with Gasteiger partial charge in [0.1, 0.15) is 5.82 Å². The van der Waals surface area contributed by atoms with Crippen LogP contribution in [0.3, 0.4) is 0 Å². The molecule has 0 spiro atoms. The highest BCUT2D eigenvalue weighted by Crippen LogP contribution is 2.06. The van der Waals surface area contributed by atoms with Crippen LogP contribution in [0.15, 0.2) is 24.3 Å². The number of carboxylic acid groups (broad SMARTS) is 2. The highest BCUT2D eigenvalue weighted by molar-refractivity contribution is 5.72. The summed E-state index contributed by atoms with van der Waals surface area (Å²) in [7, 11) is 0. The van der Waals surface area contributed by atoms with E-state index in [-0.39, 0.29) is 19.6 Å². The van der Waals surface area contributed by atoms with Crippen LogP contribution in [-0.4, -0.2) is 40.1 Å². The molecule has 0 atom stereocenters. The van der Waals surface area contributed by atoms with E-state index >= 15 is 0 Å². The summed E-state index contributed by atoms with van der Waals surface area (Å²) < 4.78 is 12.6. The number of benzene rings is 1. The lowest BCUT2D eigenvalue weighted by atomic mass is 10.2. The maximum absolute atomic E-state index is 12.6. The molecule has 0 saturated carbocycles. The van der Waals surface area contributed by atoms with Crippen molar-refractivity contribution in [3.05, 3.63) is 35.6 Å². The van der Waals surface area contributed by atoms with Gasteiger partial charge in [0.05, 0.1) is 13.1 Å². The van der Waals surface area contributed by atoms with Gasteiger partial charge in [0.25, 0.3) is 0 Å². The predicted octanol–water partition coefficient (Wildman–Crippen LogP) is 0.797. The second-order valence-electron chi connectivity index (χ2n) is 3.56. The Bertz CT molecular complexity index is 388. The molecule has 6 heteroatoms. The zero-order valence-corrected chi connectivity index (χ0v) is 8.97. The van der Waals surface area contributed by atoms with Crippen molar-refractivity contribution < 1.29 is 24.2 Å². The third-order valence-electron chi connectivity index (χ3n) is 2.04. The van der Waals surface area contributed by atoms with Gasteiger partial charge >= 0.3 is 11.9 Å². The molecule has 17 heavy (non-hydrogen) atoms. The van der Waals surface area contributed by atoms with Gasteiger partial charge in [0.2, 0.25) is 0 Å². The Morgan fingerprint density at radius 3 is 1.94 bits per heavy atom. The number of halogens is 1. The maximum Gasteiger partial charge on any atom is 0.317 e. The standard InChI is InChI=1S/C11H12FNO4/c12-9-3-1-8(2-4-9)5-13(6-10(14)15)7-11(16)17/h1-4H,5-7H2,(H,14,15)(H,16,17). The van der Waals surface area contributed by atoms with Gasteiger partial charge in [-0.2, -0.15) is 0 Å². The van der Waals surface area contributed by atoms with E-state index in [0.29, 0.717) is 5.56 Å². The molecule has 0 unspecified atom stereocenters. The van der Waals surface area contributed by atoms with Crippen LogP contribution < -0.4 is 0 Å². The van der Waals surface area contributed by atoms with Gasteiger partial charge in [-0.1, -0.05) is 12.1 Å². The van der Waals surface area contributed by atoms with Gasteiger partial charge in [-0.25, -0.2) is 4.39 Å². The smallest absolute Gasteiger partial charge is 0.317 e. The number of carbonyl (C=O) groups is 2. The Morgan fingerprint density at radius 2 is 1.53 bits per heavy atom. The molecule has 0 fully saturated rings. The van der Waals surface area contributed by atoms with Crippen molar-refractivity contribution in [1.82, 2.24) is 4.90 Å². The molecule has 5 nitrogen and oxygen atoms in total. The maximum atomic E-state index is 12.6. The van der Waals surface area contributed by atoms with Crippen LogP contribution >= 0.6 is 0 Å². The van der Waals surface area contributed by atoms with Crippen LogP contribution in [0, 0.1) is 5.82 Å². The molecule has 2 N–H and O–H groups in total.